The number of allylic oxidation sites excluding steroid dienone is 1. The van der Waals surface area contributed by atoms with Gasteiger partial charge in [0.15, 0.2) is 11.5 Å². The summed E-state index contributed by atoms with van der Waals surface area (Å²) in [6.45, 7) is 0. The second-order valence-corrected chi connectivity index (χ2v) is 7.35. The van der Waals surface area contributed by atoms with Crippen LogP contribution in [0.5, 0.6) is 0 Å². The summed E-state index contributed by atoms with van der Waals surface area (Å²) in [5.74, 6) is 0.789. The van der Waals surface area contributed by atoms with Gasteiger partial charge < -0.3 is 14.2 Å². The number of carbonyl (C=O) groups is 2. The van der Waals surface area contributed by atoms with Gasteiger partial charge in [-0.25, -0.2) is 0 Å². The molecule has 0 aliphatic rings. The normalized spacial score (nSPS) is 11.0. The molecule has 0 bridgehead atoms. The first-order chi connectivity index (χ1) is 15.0. The van der Waals surface area contributed by atoms with Gasteiger partial charge in [-0.1, -0.05) is 23.2 Å². The Hall–Kier alpha value is -3.54. The Morgan fingerprint density at radius 3 is 2.42 bits per heavy atom. The zero-order valence-electron chi connectivity index (χ0n) is 16.0. The molecule has 0 spiro atoms. The minimum Gasteiger partial charge on any atom is -0.459 e. The van der Waals surface area contributed by atoms with Crippen molar-refractivity contribution in [2.45, 2.75) is 0 Å². The number of benzene rings is 2. The Bertz CT molecular complexity index is 1260. The van der Waals surface area contributed by atoms with Crippen LogP contribution in [0.4, 0.5) is 5.69 Å². The third-order valence-electron chi connectivity index (χ3n) is 4.40. The first-order valence-corrected chi connectivity index (χ1v) is 9.98. The van der Waals surface area contributed by atoms with Gasteiger partial charge in [0.2, 0.25) is 0 Å². The molecule has 0 aliphatic carbocycles. The fourth-order valence-electron chi connectivity index (χ4n) is 2.82. The Morgan fingerprint density at radius 2 is 1.71 bits per heavy atom. The van der Waals surface area contributed by atoms with Crippen LogP contribution in [0.2, 0.25) is 10.0 Å². The van der Waals surface area contributed by atoms with Crippen molar-refractivity contribution in [1.82, 2.24) is 0 Å². The highest BCUT2D eigenvalue weighted by atomic mass is 35.5. The van der Waals surface area contributed by atoms with Crippen LogP contribution in [0.25, 0.3) is 17.4 Å². The van der Waals surface area contributed by atoms with Crippen molar-refractivity contribution in [1.29, 1.82) is 0 Å². The van der Waals surface area contributed by atoms with Crippen LogP contribution in [0.1, 0.15) is 26.7 Å². The lowest BCUT2D eigenvalue weighted by Crippen LogP contribution is -2.10. The molecule has 154 valence electrons. The lowest BCUT2D eigenvalue weighted by Gasteiger charge is -2.03. The molecule has 4 aromatic rings. The van der Waals surface area contributed by atoms with E-state index in [1.165, 1.54) is 12.3 Å². The lowest BCUT2D eigenvalue weighted by atomic mass is 10.1. The van der Waals surface area contributed by atoms with Crippen LogP contribution in [0.15, 0.2) is 87.9 Å². The molecule has 2 heterocycles. The molecule has 7 heteroatoms. The number of anilines is 1. The topological polar surface area (TPSA) is 72.5 Å². The summed E-state index contributed by atoms with van der Waals surface area (Å²) in [7, 11) is 0. The Labute approximate surface area is 187 Å². The number of amides is 1. The number of hydrogen-bond donors (Lipinski definition) is 1. The average molecular weight is 452 g/mol. The van der Waals surface area contributed by atoms with E-state index in [1.807, 2.05) is 0 Å². The van der Waals surface area contributed by atoms with E-state index < -0.39 is 0 Å². The molecule has 0 fully saturated rings. The van der Waals surface area contributed by atoms with Crippen molar-refractivity contribution in [2.75, 3.05) is 5.32 Å². The molecule has 0 unspecified atom stereocenters. The molecule has 31 heavy (non-hydrogen) atoms. The van der Waals surface area contributed by atoms with Crippen molar-refractivity contribution in [3.8, 4) is 11.3 Å². The zero-order chi connectivity index (χ0) is 21.8. The SMILES string of the molecule is O=C(/C=C/c1ccc(-c2ccc(Cl)c(Cl)c2)o1)c1ccc(NC(=O)c2ccco2)cc1. The number of nitrogens with one attached hydrogen (secondary N) is 1. The molecule has 0 saturated carbocycles. The average Bonchev–Trinajstić information content (AvgIpc) is 3.47. The first-order valence-electron chi connectivity index (χ1n) is 9.22. The van der Waals surface area contributed by atoms with E-state index in [0.29, 0.717) is 32.8 Å². The van der Waals surface area contributed by atoms with Gasteiger partial charge in [0.05, 0.1) is 16.3 Å². The van der Waals surface area contributed by atoms with E-state index in [4.69, 9.17) is 32.0 Å². The predicted octanol–water partition coefficient (Wildman–Crippen LogP) is 6.99. The molecular formula is C24H15Cl2NO4. The standard InChI is InChI=1S/C24H15Cl2NO4/c25-19-10-5-16(14-20(19)26)22-12-9-18(31-22)8-11-21(28)15-3-6-17(7-4-15)27-24(29)23-2-1-13-30-23/h1-14H,(H,27,29)/b11-8+. The molecule has 0 radical (unpaired) electrons. The molecule has 0 aliphatic heterocycles. The van der Waals surface area contributed by atoms with Crippen LogP contribution in [0.3, 0.4) is 0 Å². The van der Waals surface area contributed by atoms with Gasteiger partial charge in [-0.3, -0.25) is 9.59 Å². The van der Waals surface area contributed by atoms with Crippen molar-refractivity contribution >= 4 is 46.7 Å². The maximum Gasteiger partial charge on any atom is 0.291 e. The van der Waals surface area contributed by atoms with Gasteiger partial charge in [-0.15, -0.1) is 0 Å². The molecule has 2 aromatic carbocycles. The summed E-state index contributed by atoms with van der Waals surface area (Å²) in [4.78, 5) is 24.4. The third-order valence-corrected chi connectivity index (χ3v) is 5.14. The minimum atomic E-state index is -0.362. The van der Waals surface area contributed by atoms with E-state index in [-0.39, 0.29) is 17.5 Å². The summed E-state index contributed by atoms with van der Waals surface area (Å²) in [5.41, 5.74) is 1.82. The van der Waals surface area contributed by atoms with Gasteiger partial charge in [-0.05, 0) is 78.9 Å². The Balaban J connectivity index is 1.40. The Morgan fingerprint density at radius 1 is 0.903 bits per heavy atom. The van der Waals surface area contributed by atoms with Gasteiger partial charge in [0.25, 0.3) is 5.91 Å². The summed E-state index contributed by atoms with van der Waals surface area (Å²) in [6.07, 6.45) is 4.44. The predicted molar refractivity (Wildman–Crippen MR) is 121 cm³/mol. The summed E-state index contributed by atoms with van der Waals surface area (Å²) in [5, 5.41) is 3.60. The fourth-order valence-corrected chi connectivity index (χ4v) is 3.12. The highest BCUT2D eigenvalue weighted by Crippen LogP contribution is 2.29. The van der Waals surface area contributed by atoms with Crippen LogP contribution in [-0.4, -0.2) is 11.7 Å². The van der Waals surface area contributed by atoms with Gasteiger partial charge in [0, 0.05) is 16.8 Å². The highest BCUT2D eigenvalue weighted by Gasteiger charge is 2.10. The van der Waals surface area contributed by atoms with E-state index in [2.05, 4.69) is 5.32 Å². The molecular weight excluding hydrogens is 437 g/mol. The maximum absolute atomic E-state index is 12.4. The maximum atomic E-state index is 12.4. The Kier molecular flexibility index (Phi) is 6.07. The van der Waals surface area contributed by atoms with Crippen molar-refractivity contribution in [2.24, 2.45) is 0 Å². The van der Waals surface area contributed by atoms with Crippen LogP contribution in [0, 0.1) is 0 Å². The summed E-state index contributed by atoms with van der Waals surface area (Å²) >= 11 is 12.0. The number of halogens is 2. The van der Waals surface area contributed by atoms with E-state index in [1.54, 1.807) is 72.8 Å². The van der Waals surface area contributed by atoms with Crippen LogP contribution >= 0.6 is 23.2 Å². The van der Waals surface area contributed by atoms with Gasteiger partial charge in [-0.2, -0.15) is 0 Å². The number of rotatable bonds is 6. The van der Waals surface area contributed by atoms with E-state index in [0.717, 1.165) is 5.56 Å². The van der Waals surface area contributed by atoms with Gasteiger partial charge in [0.1, 0.15) is 11.5 Å². The van der Waals surface area contributed by atoms with Crippen molar-refractivity contribution < 1.29 is 18.4 Å². The molecule has 2 aromatic heterocycles. The second kappa shape index (κ2) is 9.08. The smallest absolute Gasteiger partial charge is 0.291 e. The monoisotopic (exact) mass is 451 g/mol. The molecule has 4 rings (SSSR count). The van der Waals surface area contributed by atoms with E-state index >= 15 is 0 Å². The fraction of sp³-hybridized carbons (Fsp3) is 0. The summed E-state index contributed by atoms with van der Waals surface area (Å²) < 4.78 is 10.8. The quantitative estimate of drug-likeness (QED) is 0.253. The molecule has 5 nitrogen and oxygen atoms in total. The minimum absolute atomic E-state index is 0.198. The first kappa shape index (κ1) is 20.7. The molecule has 1 N–H and O–H groups in total. The number of furan rings is 2. The van der Waals surface area contributed by atoms with Crippen molar-refractivity contribution in [3.05, 3.63) is 106 Å². The van der Waals surface area contributed by atoms with Crippen LogP contribution < -0.4 is 5.32 Å². The van der Waals surface area contributed by atoms with Crippen molar-refractivity contribution in [3.63, 3.8) is 0 Å². The number of ketones is 1. The third kappa shape index (κ3) is 4.97. The second-order valence-electron chi connectivity index (χ2n) is 6.54. The zero-order valence-corrected chi connectivity index (χ0v) is 17.5. The molecule has 1 amide bonds. The summed E-state index contributed by atoms with van der Waals surface area (Å²) in [6, 6.07) is 18.5. The highest BCUT2D eigenvalue weighted by molar-refractivity contribution is 6.42. The number of hydrogen-bond acceptors (Lipinski definition) is 4. The van der Waals surface area contributed by atoms with Gasteiger partial charge >= 0.3 is 0 Å². The number of carbonyl (C=O) groups excluding carboxylic acids is 2. The molecule has 0 atom stereocenters. The van der Waals surface area contributed by atoms with Crippen LogP contribution in [-0.2, 0) is 0 Å². The molecule has 0 saturated heterocycles. The lowest BCUT2D eigenvalue weighted by molar-refractivity contribution is 0.0996. The largest absolute Gasteiger partial charge is 0.459 e. The van der Waals surface area contributed by atoms with E-state index in [9.17, 15) is 9.59 Å².